The fourth-order valence-electron chi connectivity index (χ4n) is 6.72. The van der Waals surface area contributed by atoms with Crippen LogP contribution in [0, 0.1) is 23.2 Å². The molecule has 1 N–H and O–H groups in total. The van der Waals surface area contributed by atoms with Crippen LogP contribution >= 0.6 is 0 Å². The number of nitrogens with one attached hydrogen (secondary N) is 1. The number of hydrogen-bond donors (Lipinski definition) is 1. The van der Waals surface area contributed by atoms with Gasteiger partial charge in [0.1, 0.15) is 0 Å². The van der Waals surface area contributed by atoms with Crippen LogP contribution in [0.2, 0.25) is 0 Å². The van der Waals surface area contributed by atoms with Gasteiger partial charge in [-0.05, 0) is 69.1 Å². The highest BCUT2D eigenvalue weighted by Crippen LogP contribution is 2.62. The van der Waals surface area contributed by atoms with Crippen LogP contribution in [-0.2, 0) is 14.3 Å². The summed E-state index contributed by atoms with van der Waals surface area (Å²) in [4.78, 5) is 24.7. The highest BCUT2D eigenvalue weighted by molar-refractivity contribution is 5.79. The van der Waals surface area contributed by atoms with E-state index < -0.39 is 0 Å². The maximum atomic E-state index is 13.0. The van der Waals surface area contributed by atoms with E-state index in [1.165, 1.54) is 38.5 Å². The summed E-state index contributed by atoms with van der Waals surface area (Å²) in [6.45, 7) is 2.22. The van der Waals surface area contributed by atoms with Gasteiger partial charge in [0.2, 0.25) is 5.91 Å². The van der Waals surface area contributed by atoms with Crippen molar-refractivity contribution in [2.24, 2.45) is 23.2 Å². The van der Waals surface area contributed by atoms with Crippen LogP contribution < -0.4 is 5.32 Å². The van der Waals surface area contributed by atoms with Gasteiger partial charge in [0.05, 0.1) is 12.0 Å². The maximum absolute atomic E-state index is 13.0. The smallest absolute Gasteiger partial charge is 0.312 e. The third-order valence-corrected chi connectivity index (χ3v) is 7.11. The standard InChI is InChI=1S/C20H31NO3/c1-14(22)21-20-10-16-7-17(11-20)9-19(8-16,13-20)18(23)24-12-15-5-3-2-4-6-15/h15-17H,2-13H2,1H3,(H,21,22). The van der Waals surface area contributed by atoms with Crippen LogP contribution in [0.3, 0.4) is 0 Å². The molecule has 0 aromatic rings. The van der Waals surface area contributed by atoms with Gasteiger partial charge in [-0.2, -0.15) is 0 Å². The Morgan fingerprint density at radius 3 is 2.33 bits per heavy atom. The van der Waals surface area contributed by atoms with Crippen LogP contribution in [0.25, 0.3) is 0 Å². The molecule has 0 radical (unpaired) electrons. The van der Waals surface area contributed by atoms with E-state index in [9.17, 15) is 9.59 Å². The van der Waals surface area contributed by atoms with E-state index in [0.29, 0.717) is 24.4 Å². The zero-order chi connectivity index (χ0) is 16.8. The highest BCUT2D eigenvalue weighted by Gasteiger charge is 2.61. The Labute approximate surface area is 145 Å². The average molecular weight is 333 g/mol. The van der Waals surface area contributed by atoms with Gasteiger partial charge >= 0.3 is 5.97 Å². The van der Waals surface area contributed by atoms with Gasteiger partial charge in [-0.3, -0.25) is 9.59 Å². The Morgan fingerprint density at radius 1 is 1.04 bits per heavy atom. The van der Waals surface area contributed by atoms with Crippen molar-refractivity contribution < 1.29 is 14.3 Å². The van der Waals surface area contributed by atoms with E-state index in [-0.39, 0.29) is 22.8 Å². The molecule has 5 aliphatic rings. The number of carbonyl (C=O) groups excluding carboxylic acids is 2. The molecule has 0 heterocycles. The van der Waals surface area contributed by atoms with Gasteiger partial charge in [0.15, 0.2) is 0 Å². The summed E-state index contributed by atoms with van der Waals surface area (Å²) in [7, 11) is 0. The van der Waals surface area contributed by atoms with E-state index in [2.05, 4.69) is 5.32 Å². The first-order valence-corrected chi connectivity index (χ1v) is 9.95. The molecule has 5 rings (SSSR count). The van der Waals surface area contributed by atoms with Gasteiger partial charge in [0.25, 0.3) is 0 Å². The summed E-state index contributed by atoms with van der Waals surface area (Å²) in [5.74, 6) is 1.82. The second kappa shape index (κ2) is 6.03. The third kappa shape index (κ3) is 2.97. The van der Waals surface area contributed by atoms with Crippen LogP contribution in [0.4, 0.5) is 0 Å². The maximum Gasteiger partial charge on any atom is 0.312 e. The number of amides is 1. The molecule has 2 unspecified atom stereocenters. The van der Waals surface area contributed by atoms with Crippen molar-refractivity contribution in [2.45, 2.75) is 83.1 Å². The molecule has 0 aromatic carbocycles. The van der Waals surface area contributed by atoms with Gasteiger partial charge in [-0.1, -0.05) is 19.3 Å². The Kier molecular flexibility index (Phi) is 4.12. The Hall–Kier alpha value is -1.06. The molecule has 2 atom stereocenters. The number of ether oxygens (including phenoxy) is 1. The summed E-state index contributed by atoms with van der Waals surface area (Å²) >= 11 is 0. The summed E-state index contributed by atoms with van der Waals surface area (Å²) in [5, 5.41) is 3.23. The predicted molar refractivity (Wildman–Crippen MR) is 91.2 cm³/mol. The molecule has 0 spiro atoms. The number of rotatable bonds is 4. The van der Waals surface area contributed by atoms with Crippen LogP contribution in [0.1, 0.15) is 77.6 Å². The second-order valence-electron chi connectivity index (χ2n) is 9.31. The minimum absolute atomic E-state index is 0.0388. The Morgan fingerprint density at radius 2 is 1.71 bits per heavy atom. The molecule has 4 bridgehead atoms. The van der Waals surface area contributed by atoms with Crippen molar-refractivity contribution in [3.05, 3.63) is 0 Å². The lowest BCUT2D eigenvalue weighted by atomic mass is 9.47. The average Bonchev–Trinajstić information content (AvgIpc) is 2.51. The lowest BCUT2D eigenvalue weighted by molar-refractivity contribution is -0.177. The molecule has 0 aromatic heterocycles. The minimum Gasteiger partial charge on any atom is -0.465 e. The van der Waals surface area contributed by atoms with Crippen molar-refractivity contribution >= 4 is 11.9 Å². The number of esters is 1. The molecule has 5 saturated carbocycles. The first kappa shape index (κ1) is 16.4. The summed E-state index contributed by atoms with van der Waals surface area (Å²) in [6.07, 6.45) is 12.4. The first-order valence-electron chi connectivity index (χ1n) is 9.95. The third-order valence-electron chi connectivity index (χ3n) is 7.11. The zero-order valence-corrected chi connectivity index (χ0v) is 14.9. The van der Waals surface area contributed by atoms with E-state index in [1.54, 1.807) is 6.92 Å². The quantitative estimate of drug-likeness (QED) is 0.800. The highest BCUT2D eigenvalue weighted by atomic mass is 16.5. The normalized spacial score (nSPS) is 41.2. The van der Waals surface area contributed by atoms with Crippen LogP contribution in [0.5, 0.6) is 0 Å². The molecule has 134 valence electrons. The number of hydrogen-bond acceptors (Lipinski definition) is 3. The largest absolute Gasteiger partial charge is 0.465 e. The molecule has 4 heteroatoms. The summed E-state index contributed by atoms with van der Waals surface area (Å²) in [5.41, 5.74) is -0.457. The fraction of sp³-hybridized carbons (Fsp3) is 0.900. The second-order valence-corrected chi connectivity index (χ2v) is 9.31. The topological polar surface area (TPSA) is 55.4 Å². The van der Waals surface area contributed by atoms with Crippen molar-refractivity contribution in [1.29, 1.82) is 0 Å². The zero-order valence-electron chi connectivity index (χ0n) is 14.9. The predicted octanol–water partition coefficient (Wildman–Crippen LogP) is 3.59. The lowest BCUT2D eigenvalue weighted by Crippen LogP contribution is -2.64. The molecular weight excluding hydrogens is 302 g/mol. The van der Waals surface area contributed by atoms with E-state index >= 15 is 0 Å². The van der Waals surface area contributed by atoms with Crippen molar-refractivity contribution in [3.63, 3.8) is 0 Å². The van der Waals surface area contributed by atoms with Crippen LogP contribution in [-0.4, -0.2) is 24.0 Å². The van der Waals surface area contributed by atoms with Gasteiger partial charge in [-0.15, -0.1) is 0 Å². The molecule has 0 aliphatic heterocycles. The Balaban J connectivity index is 1.45. The van der Waals surface area contributed by atoms with Crippen molar-refractivity contribution in [3.8, 4) is 0 Å². The van der Waals surface area contributed by atoms with E-state index in [4.69, 9.17) is 4.74 Å². The summed E-state index contributed by atoms with van der Waals surface area (Å²) in [6, 6.07) is 0. The Bertz CT molecular complexity index is 509. The molecule has 1 amide bonds. The monoisotopic (exact) mass is 333 g/mol. The van der Waals surface area contributed by atoms with Gasteiger partial charge < -0.3 is 10.1 Å². The van der Waals surface area contributed by atoms with Crippen molar-refractivity contribution in [1.82, 2.24) is 5.32 Å². The molecule has 0 saturated heterocycles. The van der Waals surface area contributed by atoms with Crippen LogP contribution in [0.15, 0.2) is 0 Å². The minimum atomic E-state index is -0.318. The van der Waals surface area contributed by atoms with Crippen molar-refractivity contribution in [2.75, 3.05) is 6.61 Å². The van der Waals surface area contributed by atoms with Gasteiger partial charge in [-0.25, -0.2) is 0 Å². The summed E-state index contributed by atoms with van der Waals surface area (Å²) < 4.78 is 5.86. The molecule has 4 nitrogen and oxygen atoms in total. The fourth-order valence-corrected chi connectivity index (χ4v) is 6.72. The van der Waals surface area contributed by atoms with E-state index in [0.717, 1.165) is 32.1 Å². The first-order chi connectivity index (χ1) is 11.5. The molecule has 5 aliphatic carbocycles. The molecule has 5 fully saturated rings. The number of carbonyl (C=O) groups is 2. The van der Waals surface area contributed by atoms with E-state index in [1.807, 2.05) is 0 Å². The molecular formula is C20H31NO3. The SMILES string of the molecule is CC(=O)NC12CC3CC(C1)CC(C(=O)OCC1CCCCC1)(C3)C2. The van der Waals surface area contributed by atoms with Gasteiger partial charge in [0, 0.05) is 12.5 Å². The molecule has 24 heavy (non-hydrogen) atoms. The lowest BCUT2D eigenvalue weighted by Gasteiger charge is -2.60.